The van der Waals surface area contributed by atoms with Crippen molar-refractivity contribution >= 4 is 28.1 Å². The molecule has 0 aliphatic carbocycles. The molecule has 0 saturated carbocycles. The molecule has 134 valence electrons. The van der Waals surface area contributed by atoms with Crippen LogP contribution in [0.4, 0.5) is 0 Å². The number of esters is 1. The Morgan fingerprint density at radius 2 is 1.96 bits per heavy atom. The van der Waals surface area contributed by atoms with Crippen molar-refractivity contribution in [2.75, 3.05) is 27.2 Å². The number of nitrogens with two attached hydrogens (primary N) is 1. The number of carbonyl (C=O) groups is 3. The average Bonchev–Trinajstić information content (AvgIpc) is 2.53. The molecule has 1 aliphatic heterocycles. The topological polar surface area (TPSA) is 102 Å². The van der Waals surface area contributed by atoms with Gasteiger partial charge < -0.3 is 25.5 Å². The van der Waals surface area contributed by atoms with E-state index < -0.39 is 12.0 Å². The summed E-state index contributed by atoms with van der Waals surface area (Å²) in [6.07, 6.45) is 3.29. The number of hydrogen-bond donors (Lipinski definition) is 2. The van der Waals surface area contributed by atoms with E-state index in [9.17, 15) is 14.4 Å². The second kappa shape index (κ2) is 9.96. The van der Waals surface area contributed by atoms with E-state index in [0.29, 0.717) is 19.5 Å². The van der Waals surface area contributed by atoms with E-state index in [-0.39, 0.29) is 33.7 Å². The first kappa shape index (κ1) is 22.0. The van der Waals surface area contributed by atoms with Crippen molar-refractivity contribution in [2.24, 2.45) is 11.7 Å². The highest BCUT2D eigenvalue weighted by atomic mass is 31.0. The van der Waals surface area contributed by atoms with E-state index in [2.05, 4.69) is 10.1 Å². The zero-order valence-corrected chi connectivity index (χ0v) is 15.8. The van der Waals surface area contributed by atoms with Crippen LogP contribution in [0.3, 0.4) is 0 Å². The number of carbonyl (C=O) groups excluding carboxylic acids is 3. The van der Waals surface area contributed by atoms with Crippen LogP contribution < -0.4 is 11.1 Å². The Labute approximate surface area is 141 Å². The molecule has 1 amide bonds. The molecule has 3 atom stereocenters. The molecular weight excluding hydrogens is 317 g/mol. The van der Waals surface area contributed by atoms with Crippen LogP contribution in [-0.4, -0.2) is 61.9 Å². The van der Waals surface area contributed by atoms with Crippen LogP contribution in [0.15, 0.2) is 0 Å². The van der Waals surface area contributed by atoms with E-state index in [1.54, 1.807) is 6.92 Å². The fraction of sp³-hybridized carbons (Fsp3) is 0.800. The lowest BCUT2D eigenvalue weighted by Crippen LogP contribution is -2.54. The molecular formula is C15H30N3O4P. The Kier molecular flexibility index (Phi) is 9.51. The zero-order chi connectivity index (χ0) is 16.8. The van der Waals surface area contributed by atoms with Crippen LogP contribution in [0.5, 0.6) is 0 Å². The maximum Gasteiger partial charge on any atom is 0.322 e. The molecule has 0 radical (unpaired) electrons. The number of ether oxygens (including phenoxy) is 1. The molecule has 7 nitrogen and oxygen atoms in total. The van der Waals surface area contributed by atoms with Crippen LogP contribution in [0, 0.1) is 5.92 Å². The fourth-order valence-corrected chi connectivity index (χ4v) is 3.07. The van der Waals surface area contributed by atoms with Crippen molar-refractivity contribution in [3.63, 3.8) is 0 Å². The van der Waals surface area contributed by atoms with Crippen molar-refractivity contribution in [2.45, 2.75) is 44.2 Å². The smallest absolute Gasteiger partial charge is 0.322 e. The number of rotatable bonds is 7. The van der Waals surface area contributed by atoms with E-state index in [0.717, 1.165) is 19.1 Å². The largest absolute Gasteiger partial charge is 0.468 e. The first-order chi connectivity index (χ1) is 10.4. The van der Waals surface area contributed by atoms with Crippen LogP contribution in [-0.2, 0) is 19.1 Å². The van der Waals surface area contributed by atoms with Gasteiger partial charge in [0.1, 0.15) is 12.3 Å². The minimum atomic E-state index is -0.786. The minimum Gasteiger partial charge on any atom is -0.468 e. The molecule has 1 heterocycles. The number of aldehydes is 1. The maximum absolute atomic E-state index is 11.4. The summed E-state index contributed by atoms with van der Waals surface area (Å²) in [4.78, 5) is 36.0. The molecule has 0 aromatic rings. The monoisotopic (exact) mass is 347 g/mol. The van der Waals surface area contributed by atoms with Gasteiger partial charge in [0.2, 0.25) is 5.91 Å². The van der Waals surface area contributed by atoms with Crippen molar-refractivity contribution in [1.29, 1.82) is 0 Å². The first-order valence-electron chi connectivity index (χ1n) is 7.60. The second-order valence-electron chi connectivity index (χ2n) is 6.00. The van der Waals surface area contributed by atoms with E-state index in [1.165, 1.54) is 7.11 Å². The molecule has 0 bridgehead atoms. The third-order valence-corrected chi connectivity index (χ3v) is 4.60. The molecule has 1 saturated heterocycles. The third-order valence-electron chi connectivity index (χ3n) is 4.60. The molecule has 3 unspecified atom stereocenters. The first-order valence-corrected chi connectivity index (χ1v) is 7.60. The number of amides is 1. The number of likely N-dealkylation sites (tertiary alicyclic amines) is 1. The summed E-state index contributed by atoms with van der Waals surface area (Å²) in [7, 11) is 3.15. The number of nitrogens with one attached hydrogen (secondary N) is 1. The second-order valence-corrected chi connectivity index (χ2v) is 6.00. The Hall–Kier alpha value is -1.04. The molecule has 0 spiro atoms. The Balaban J connectivity index is 0.00000484. The summed E-state index contributed by atoms with van der Waals surface area (Å²) in [6.45, 7) is 2.91. The summed E-state index contributed by atoms with van der Waals surface area (Å²) in [5.41, 5.74) is 5.55. The standard InChI is InChI=1S/C15H27N3O4.H3P/c1-11(20)18-6-4-15(17-2,5-7-18)9-12(10-19)8-13(16)14(21)22-3;/h10,12-13,17H,4-9,16H2,1-3H3;1H3. The van der Waals surface area contributed by atoms with Crippen LogP contribution in [0.1, 0.15) is 32.6 Å². The quantitative estimate of drug-likeness (QED) is 0.374. The van der Waals surface area contributed by atoms with Crippen LogP contribution in [0.25, 0.3) is 0 Å². The highest BCUT2D eigenvalue weighted by Gasteiger charge is 2.36. The van der Waals surface area contributed by atoms with Crippen molar-refractivity contribution in [1.82, 2.24) is 10.2 Å². The summed E-state index contributed by atoms with van der Waals surface area (Å²) in [5, 5.41) is 3.30. The molecule has 1 fully saturated rings. The molecule has 3 N–H and O–H groups in total. The third kappa shape index (κ3) is 6.16. The van der Waals surface area contributed by atoms with Gasteiger partial charge in [-0.05, 0) is 32.7 Å². The fourth-order valence-electron chi connectivity index (χ4n) is 3.07. The highest BCUT2D eigenvalue weighted by molar-refractivity contribution is 6.92. The van der Waals surface area contributed by atoms with Gasteiger partial charge in [-0.1, -0.05) is 0 Å². The summed E-state index contributed by atoms with van der Waals surface area (Å²) in [5.74, 6) is -0.744. The van der Waals surface area contributed by atoms with E-state index in [4.69, 9.17) is 5.73 Å². The Morgan fingerprint density at radius 3 is 2.35 bits per heavy atom. The number of methoxy groups -OCH3 is 1. The zero-order valence-electron chi connectivity index (χ0n) is 14.3. The van der Waals surface area contributed by atoms with Gasteiger partial charge in [0.05, 0.1) is 7.11 Å². The molecule has 0 aromatic carbocycles. The van der Waals surface area contributed by atoms with Gasteiger partial charge in [0.25, 0.3) is 0 Å². The summed E-state index contributed by atoms with van der Waals surface area (Å²) in [6, 6.07) is -0.786. The average molecular weight is 347 g/mol. The van der Waals surface area contributed by atoms with E-state index in [1.807, 2.05) is 11.9 Å². The minimum absolute atomic E-state index is 0. The molecule has 1 aliphatic rings. The molecule has 1 rings (SSSR count). The van der Waals surface area contributed by atoms with Crippen molar-refractivity contribution in [3.05, 3.63) is 0 Å². The lowest BCUT2D eigenvalue weighted by molar-refractivity contribution is -0.142. The van der Waals surface area contributed by atoms with Gasteiger partial charge in [-0.3, -0.25) is 9.59 Å². The van der Waals surface area contributed by atoms with Crippen molar-refractivity contribution in [3.8, 4) is 0 Å². The van der Waals surface area contributed by atoms with Gasteiger partial charge >= 0.3 is 5.97 Å². The number of piperidine rings is 1. The normalized spacial score (nSPS) is 19.2. The predicted octanol–water partition coefficient (Wildman–Crippen LogP) is -0.259. The Morgan fingerprint density at radius 1 is 1.39 bits per heavy atom. The summed E-state index contributed by atoms with van der Waals surface area (Å²) >= 11 is 0. The SMILES string of the molecule is CNC1(CC(C=O)CC(N)C(=O)OC)CCN(C(C)=O)CC1.P. The molecule has 23 heavy (non-hydrogen) atoms. The van der Waals surface area contributed by atoms with E-state index >= 15 is 0 Å². The summed E-state index contributed by atoms with van der Waals surface area (Å²) < 4.78 is 4.60. The van der Waals surface area contributed by atoms with Gasteiger partial charge in [0, 0.05) is 31.5 Å². The maximum atomic E-state index is 11.4. The number of hydrogen-bond acceptors (Lipinski definition) is 6. The number of nitrogens with zero attached hydrogens (tertiary/aromatic N) is 1. The predicted molar refractivity (Wildman–Crippen MR) is 93.2 cm³/mol. The molecule has 8 heteroatoms. The van der Waals surface area contributed by atoms with Crippen molar-refractivity contribution < 1.29 is 19.1 Å². The van der Waals surface area contributed by atoms with Gasteiger partial charge in [0.15, 0.2) is 0 Å². The van der Waals surface area contributed by atoms with Gasteiger partial charge in [-0.15, -0.1) is 0 Å². The molecule has 0 aromatic heterocycles. The lowest BCUT2D eigenvalue weighted by Gasteiger charge is -2.43. The van der Waals surface area contributed by atoms with Crippen LogP contribution in [0.2, 0.25) is 0 Å². The van der Waals surface area contributed by atoms with Gasteiger partial charge in [-0.25, -0.2) is 0 Å². The lowest BCUT2D eigenvalue weighted by atomic mass is 9.78. The Bertz CT molecular complexity index is 412. The van der Waals surface area contributed by atoms with Gasteiger partial charge in [-0.2, -0.15) is 9.90 Å². The van der Waals surface area contributed by atoms with Crippen LogP contribution >= 0.6 is 9.90 Å². The highest BCUT2D eigenvalue weighted by Crippen LogP contribution is 2.30.